The molecule has 1 saturated carbocycles. The molecule has 1 spiro atoms. The number of benzene rings is 10. The first-order chi connectivity index (χ1) is 33.5. The third-order valence-electron chi connectivity index (χ3n) is 16.0. The number of rotatable bonds is 6. The molecule has 10 aromatic carbocycles. The number of hydrogen-bond acceptors (Lipinski definition) is 2. The molecule has 1 aromatic heterocycles. The van der Waals surface area contributed by atoms with Gasteiger partial charge in [0.2, 0.25) is 0 Å². The Morgan fingerprint density at radius 2 is 1.00 bits per heavy atom. The highest BCUT2D eigenvalue weighted by molar-refractivity contribution is 6.19. The van der Waals surface area contributed by atoms with Crippen molar-refractivity contribution in [1.29, 1.82) is 0 Å². The van der Waals surface area contributed by atoms with Crippen LogP contribution in [-0.2, 0) is 10.8 Å². The Hall–Kier alpha value is -7.94. The number of anilines is 3. The lowest BCUT2D eigenvalue weighted by atomic mass is 9.76. The molecule has 11 aromatic rings. The van der Waals surface area contributed by atoms with Gasteiger partial charge in [0, 0.05) is 44.1 Å². The highest BCUT2D eigenvalue weighted by Crippen LogP contribution is 2.58. The minimum atomic E-state index is -0.118. The van der Waals surface area contributed by atoms with E-state index >= 15 is 0 Å². The Balaban J connectivity index is 0.921. The van der Waals surface area contributed by atoms with Crippen molar-refractivity contribution in [2.45, 2.75) is 50.4 Å². The molecular formula is C66H49NO. The summed E-state index contributed by atoms with van der Waals surface area (Å²) >= 11 is 0. The molecule has 2 heteroatoms. The summed E-state index contributed by atoms with van der Waals surface area (Å²) in [7, 11) is 0. The van der Waals surface area contributed by atoms with Crippen LogP contribution in [0.4, 0.5) is 17.1 Å². The van der Waals surface area contributed by atoms with Crippen LogP contribution in [0.1, 0.15) is 61.8 Å². The lowest BCUT2D eigenvalue weighted by molar-refractivity contribution is 0.550. The van der Waals surface area contributed by atoms with Crippen molar-refractivity contribution in [3.05, 3.63) is 235 Å². The fourth-order valence-electron chi connectivity index (χ4n) is 13.0. The highest BCUT2D eigenvalue weighted by atomic mass is 16.3. The summed E-state index contributed by atoms with van der Waals surface area (Å²) < 4.78 is 6.68. The fraction of sp³-hybridized carbons (Fsp3) is 0.121. The summed E-state index contributed by atoms with van der Waals surface area (Å²) in [5, 5.41) is 4.61. The predicted octanol–water partition coefficient (Wildman–Crippen LogP) is 18.4. The maximum absolute atomic E-state index is 6.68. The van der Waals surface area contributed by atoms with Crippen molar-refractivity contribution in [3.8, 4) is 55.6 Å². The van der Waals surface area contributed by atoms with Gasteiger partial charge in [0.1, 0.15) is 11.2 Å². The molecule has 0 unspecified atom stereocenters. The molecule has 3 aliphatic rings. The van der Waals surface area contributed by atoms with Crippen LogP contribution in [0, 0.1) is 0 Å². The fourth-order valence-corrected chi connectivity index (χ4v) is 13.0. The third kappa shape index (κ3) is 5.64. The van der Waals surface area contributed by atoms with Gasteiger partial charge in [0.15, 0.2) is 0 Å². The zero-order chi connectivity index (χ0) is 45.1. The van der Waals surface area contributed by atoms with Crippen LogP contribution >= 0.6 is 0 Å². The zero-order valence-electron chi connectivity index (χ0n) is 38.4. The van der Waals surface area contributed by atoms with Crippen molar-refractivity contribution in [2.24, 2.45) is 0 Å². The van der Waals surface area contributed by atoms with Gasteiger partial charge < -0.3 is 9.32 Å². The minimum absolute atomic E-state index is 0.0543. The van der Waals surface area contributed by atoms with Gasteiger partial charge in [-0.3, -0.25) is 0 Å². The summed E-state index contributed by atoms with van der Waals surface area (Å²) in [5.41, 5.74) is 23.8. The maximum atomic E-state index is 6.68. The molecule has 0 aliphatic heterocycles. The molecule has 324 valence electrons. The van der Waals surface area contributed by atoms with Gasteiger partial charge in [0.05, 0.1) is 0 Å². The molecular weight excluding hydrogens is 823 g/mol. The highest BCUT2D eigenvalue weighted by Gasteiger charge is 2.45. The third-order valence-corrected chi connectivity index (χ3v) is 16.0. The lowest BCUT2D eigenvalue weighted by Gasteiger charge is -2.30. The summed E-state index contributed by atoms with van der Waals surface area (Å²) in [4.78, 5) is 2.48. The minimum Gasteiger partial charge on any atom is -0.455 e. The van der Waals surface area contributed by atoms with Crippen molar-refractivity contribution in [2.75, 3.05) is 4.90 Å². The Morgan fingerprint density at radius 3 is 1.82 bits per heavy atom. The van der Waals surface area contributed by atoms with Gasteiger partial charge in [-0.2, -0.15) is 0 Å². The van der Waals surface area contributed by atoms with Crippen LogP contribution in [0.2, 0.25) is 0 Å². The van der Waals surface area contributed by atoms with Gasteiger partial charge in [-0.25, -0.2) is 0 Å². The second-order valence-corrected chi connectivity index (χ2v) is 19.9. The van der Waals surface area contributed by atoms with E-state index in [1.807, 2.05) is 0 Å². The second kappa shape index (κ2) is 14.8. The number of fused-ring (bicyclic) bond motifs is 13. The van der Waals surface area contributed by atoms with E-state index in [2.05, 4.69) is 231 Å². The van der Waals surface area contributed by atoms with Gasteiger partial charge in [-0.05, 0) is 145 Å². The van der Waals surface area contributed by atoms with Crippen LogP contribution < -0.4 is 4.90 Å². The molecule has 68 heavy (non-hydrogen) atoms. The van der Waals surface area contributed by atoms with E-state index in [-0.39, 0.29) is 10.8 Å². The smallest absolute Gasteiger partial charge is 0.143 e. The SMILES string of the molecule is CC1(C)c2ccccc2-c2cccc(-c3ccccc3-c3ccc(N(c4cccc(-c5cccc6oc7c8ccccc8ccc7c56)c4)c4ccc5c(c4)C4(CCCC4)c4ccccc4-5)cc3)c21. The first-order valence-electron chi connectivity index (χ1n) is 24.4. The van der Waals surface area contributed by atoms with Crippen molar-refractivity contribution >= 4 is 49.8 Å². The normalized spacial score (nSPS) is 14.9. The van der Waals surface area contributed by atoms with Gasteiger partial charge in [-0.15, -0.1) is 0 Å². The Bertz CT molecular complexity index is 3840. The van der Waals surface area contributed by atoms with E-state index in [0.717, 1.165) is 44.3 Å². The van der Waals surface area contributed by atoms with Crippen LogP contribution in [0.15, 0.2) is 217 Å². The molecule has 2 nitrogen and oxygen atoms in total. The average molecular weight is 872 g/mol. The molecule has 0 saturated heterocycles. The van der Waals surface area contributed by atoms with E-state index in [9.17, 15) is 0 Å². The molecule has 1 fully saturated rings. The Labute approximate surface area is 397 Å². The Kier molecular flexibility index (Phi) is 8.53. The molecule has 0 amide bonds. The average Bonchev–Trinajstić information content (AvgIpc) is 4.16. The van der Waals surface area contributed by atoms with Gasteiger partial charge >= 0.3 is 0 Å². The van der Waals surface area contributed by atoms with Gasteiger partial charge in [0.25, 0.3) is 0 Å². The number of nitrogens with zero attached hydrogens (tertiary/aromatic N) is 1. The van der Waals surface area contributed by atoms with E-state index in [0.29, 0.717) is 0 Å². The number of furan rings is 1. The number of hydrogen-bond donors (Lipinski definition) is 0. The van der Waals surface area contributed by atoms with E-state index in [1.54, 1.807) is 0 Å². The molecule has 0 bridgehead atoms. The first kappa shape index (κ1) is 39.2. The van der Waals surface area contributed by atoms with Crippen LogP contribution in [0.25, 0.3) is 88.3 Å². The van der Waals surface area contributed by atoms with Crippen molar-refractivity contribution in [3.63, 3.8) is 0 Å². The van der Waals surface area contributed by atoms with Crippen LogP contribution in [0.3, 0.4) is 0 Å². The standard InChI is InChI=1S/C66H49NO/c1-65(2)58-27-9-7-23-53(58)56-26-14-25-55(63(56)65)51-21-6-5-19-48(51)43-30-33-45(34-31-43)67(47-35-37-54-52-22-8-10-28-59(52)66(60(54)41-47)38-11-12-39-66)46-18-13-17-44(40-46)49-24-15-29-61-62(49)57-36-32-42-16-3-4-20-50(42)64(57)68-61/h3-10,13-37,40-41H,11-12,38-39H2,1-2H3. The maximum Gasteiger partial charge on any atom is 0.143 e. The second-order valence-electron chi connectivity index (χ2n) is 19.9. The van der Waals surface area contributed by atoms with E-state index in [1.165, 1.54) is 109 Å². The largest absolute Gasteiger partial charge is 0.455 e. The Morgan fingerprint density at radius 1 is 0.397 bits per heavy atom. The molecule has 1 heterocycles. The summed E-state index contributed by atoms with van der Waals surface area (Å²) in [5.74, 6) is 0. The summed E-state index contributed by atoms with van der Waals surface area (Å²) in [6, 6.07) is 79.1. The van der Waals surface area contributed by atoms with Gasteiger partial charge in [-0.1, -0.05) is 190 Å². The summed E-state index contributed by atoms with van der Waals surface area (Å²) in [6.07, 6.45) is 4.89. The zero-order valence-corrected chi connectivity index (χ0v) is 38.4. The lowest BCUT2D eigenvalue weighted by Crippen LogP contribution is -2.21. The van der Waals surface area contributed by atoms with Crippen molar-refractivity contribution < 1.29 is 4.42 Å². The predicted molar refractivity (Wildman–Crippen MR) is 284 cm³/mol. The monoisotopic (exact) mass is 871 g/mol. The summed E-state index contributed by atoms with van der Waals surface area (Å²) in [6.45, 7) is 4.77. The molecule has 0 atom stereocenters. The van der Waals surface area contributed by atoms with Crippen LogP contribution in [0.5, 0.6) is 0 Å². The molecule has 0 N–H and O–H groups in total. The molecule has 3 aliphatic carbocycles. The first-order valence-corrected chi connectivity index (χ1v) is 24.4. The molecule has 0 radical (unpaired) electrons. The van der Waals surface area contributed by atoms with Crippen LogP contribution in [-0.4, -0.2) is 0 Å². The van der Waals surface area contributed by atoms with Crippen molar-refractivity contribution in [1.82, 2.24) is 0 Å². The topological polar surface area (TPSA) is 16.4 Å². The quantitative estimate of drug-likeness (QED) is 0.166. The van der Waals surface area contributed by atoms with E-state index in [4.69, 9.17) is 4.42 Å². The molecule has 14 rings (SSSR count). The van der Waals surface area contributed by atoms with E-state index < -0.39 is 0 Å².